The van der Waals surface area contributed by atoms with E-state index in [2.05, 4.69) is 0 Å². The van der Waals surface area contributed by atoms with Gasteiger partial charge in [0.2, 0.25) is 0 Å². The van der Waals surface area contributed by atoms with Crippen LogP contribution in [0.1, 0.15) is 24.8 Å². The van der Waals surface area contributed by atoms with Crippen LogP contribution in [-0.2, 0) is 10.2 Å². The summed E-state index contributed by atoms with van der Waals surface area (Å²) in [6, 6.07) is 2.89. The molecule has 0 amide bonds. The summed E-state index contributed by atoms with van der Waals surface area (Å²) in [5, 5.41) is 19.3. The number of carboxylic acids is 1. The first kappa shape index (κ1) is 11.3. The molecule has 0 atom stereocenters. The zero-order valence-electron chi connectivity index (χ0n) is 9.30. The number of carbonyl (C=O) groups is 1. The molecule has 6 heteroatoms. The van der Waals surface area contributed by atoms with Crippen LogP contribution in [0.25, 0.3) is 10.3 Å². The van der Waals surface area contributed by atoms with Gasteiger partial charge in [-0.15, -0.1) is 0 Å². The highest BCUT2D eigenvalue weighted by molar-refractivity contribution is 7.16. The Labute approximate surface area is 105 Å². The van der Waals surface area contributed by atoms with E-state index in [4.69, 9.17) is 4.42 Å². The number of phenolic OH excluding ortho intramolecular Hbond substituents is 1. The van der Waals surface area contributed by atoms with Crippen LogP contribution in [0.15, 0.2) is 21.3 Å². The van der Waals surface area contributed by atoms with Crippen molar-refractivity contribution in [2.24, 2.45) is 0 Å². The number of rotatable bonds is 2. The molecule has 94 valence electrons. The van der Waals surface area contributed by atoms with Crippen molar-refractivity contribution in [1.29, 1.82) is 0 Å². The molecule has 2 aromatic rings. The Balaban J connectivity index is 2.25. The average molecular weight is 266 g/mol. The molecule has 18 heavy (non-hydrogen) atoms. The van der Waals surface area contributed by atoms with Crippen LogP contribution in [0.4, 0.5) is 0 Å². The Morgan fingerprint density at radius 1 is 1.39 bits per heavy atom. The highest BCUT2D eigenvalue weighted by atomic mass is 32.1. The molecule has 0 spiro atoms. The lowest BCUT2D eigenvalue weighted by Crippen LogP contribution is -2.42. The second-order valence-corrected chi connectivity index (χ2v) is 5.49. The van der Waals surface area contributed by atoms with Gasteiger partial charge in [-0.25, -0.2) is 4.79 Å². The number of aliphatic carboxylic acids is 1. The highest BCUT2D eigenvalue weighted by Gasteiger charge is 2.47. The van der Waals surface area contributed by atoms with Gasteiger partial charge >= 0.3 is 10.9 Å². The van der Waals surface area contributed by atoms with Crippen molar-refractivity contribution in [2.45, 2.75) is 24.7 Å². The summed E-state index contributed by atoms with van der Waals surface area (Å²) in [5.74, 6) is -1.03. The fourth-order valence-corrected chi connectivity index (χ4v) is 3.10. The standard InChI is InChI=1S/C12H10O5S/c13-7-5-9-8(17-11(16)18-9)4-6(7)12(10(14)15)2-1-3-12/h4-5,13H,1-3H2,(H,14,15). The molecule has 1 heterocycles. The Morgan fingerprint density at radius 3 is 2.67 bits per heavy atom. The molecule has 0 aliphatic heterocycles. The normalized spacial score (nSPS) is 17.6. The predicted molar refractivity (Wildman–Crippen MR) is 65.2 cm³/mol. The third-order valence-electron chi connectivity index (χ3n) is 3.58. The summed E-state index contributed by atoms with van der Waals surface area (Å²) in [7, 11) is 0. The van der Waals surface area contributed by atoms with Crippen molar-refractivity contribution in [3.05, 3.63) is 27.4 Å². The number of phenols is 1. The molecule has 0 bridgehead atoms. The van der Waals surface area contributed by atoms with E-state index in [0.717, 1.165) is 17.8 Å². The lowest BCUT2D eigenvalue weighted by molar-refractivity contribution is -0.147. The van der Waals surface area contributed by atoms with Crippen LogP contribution in [0.3, 0.4) is 0 Å². The zero-order valence-corrected chi connectivity index (χ0v) is 10.1. The summed E-state index contributed by atoms with van der Waals surface area (Å²) in [6.07, 6.45) is 1.81. The molecule has 0 radical (unpaired) electrons. The Hall–Kier alpha value is -1.82. The fourth-order valence-electron chi connectivity index (χ4n) is 2.42. The maximum Gasteiger partial charge on any atom is 0.396 e. The van der Waals surface area contributed by atoms with E-state index < -0.39 is 16.3 Å². The fraction of sp³-hybridized carbons (Fsp3) is 0.333. The van der Waals surface area contributed by atoms with Crippen molar-refractivity contribution < 1.29 is 19.4 Å². The minimum absolute atomic E-state index is 0.0818. The molecule has 1 aliphatic carbocycles. The number of hydrogen-bond acceptors (Lipinski definition) is 5. The maximum atomic E-state index is 11.4. The van der Waals surface area contributed by atoms with Crippen molar-refractivity contribution in [1.82, 2.24) is 0 Å². The van der Waals surface area contributed by atoms with Crippen LogP contribution < -0.4 is 4.94 Å². The topological polar surface area (TPSA) is 87.7 Å². The average Bonchev–Trinajstić information content (AvgIpc) is 2.55. The Bertz CT molecular complexity index is 692. The van der Waals surface area contributed by atoms with Gasteiger partial charge in [0.05, 0.1) is 10.1 Å². The molecule has 0 saturated heterocycles. The van der Waals surface area contributed by atoms with Crippen molar-refractivity contribution in [3.63, 3.8) is 0 Å². The molecular weight excluding hydrogens is 256 g/mol. The van der Waals surface area contributed by atoms with Gasteiger partial charge in [0.1, 0.15) is 11.3 Å². The van der Waals surface area contributed by atoms with Gasteiger partial charge in [-0.1, -0.05) is 17.8 Å². The van der Waals surface area contributed by atoms with Crippen LogP contribution in [0.2, 0.25) is 0 Å². The van der Waals surface area contributed by atoms with E-state index in [9.17, 15) is 19.8 Å². The number of fused-ring (bicyclic) bond motifs is 1. The molecule has 1 aromatic heterocycles. The zero-order chi connectivity index (χ0) is 12.9. The van der Waals surface area contributed by atoms with Crippen molar-refractivity contribution >= 4 is 27.6 Å². The summed E-state index contributed by atoms with van der Waals surface area (Å²) in [6.45, 7) is 0. The molecule has 3 rings (SSSR count). The van der Waals surface area contributed by atoms with Gasteiger partial charge in [0.15, 0.2) is 0 Å². The van der Waals surface area contributed by atoms with Gasteiger partial charge in [-0.05, 0) is 18.9 Å². The quantitative estimate of drug-likeness (QED) is 0.868. The van der Waals surface area contributed by atoms with Gasteiger partial charge < -0.3 is 14.6 Å². The van der Waals surface area contributed by atoms with E-state index >= 15 is 0 Å². The Kier molecular flexibility index (Phi) is 2.25. The van der Waals surface area contributed by atoms with Crippen molar-refractivity contribution in [2.75, 3.05) is 0 Å². The van der Waals surface area contributed by atoms with E-state index in [0.29, 0.717) is 28.7 Å². The smallest absolute Gasteiger partial charge is 0.396 e. The number of carboxylic acid groups (broad SMARTS) is 1. The van der Waals surface area contributed by atoms with Crippen LogP contribution in [0, 0.1) is 0 Å². The van der Waals surface area contributed by atoms with E-state index in [1.165, 1.54) is 12.1 Å². The minimum Gasteiger partial charge on any atom is -0.508 e. The second-order valence-electron chi connectivity index (χ2n) is 4.51. The first-order valence-corrected chi connectivity index (χ1v) is 6.35. The third-order valence-corrected chi connectivity index (χ3v) is 4.37. The summed E-state index contributed by atoms with van der Waals surface area (Å²) >= 11 is 0.890. The van der Waals surface area contributed by atoms with Gasteiger partial charge in [0, 0.05) is 11.6 Å². The second kappa shape index (κ2) is 3.58. The predicted octanol–water partition coefficient (Wildman–Crippen LogP) is 2.07. The first-order valence-electron chi connectivity index (χ1n) is 5.53. The highest BCUT2D eigenvalue weighted by Crippen LogP contribution is 2.48. The Morgan fingerprint density at radius 2 is 2.11 bits per heavy atom. The van der Waals surface area contributed by atoms with Crippen molar-refractivity contribution in [3.8, 4) is 5.75 Å². The largest absolute Gasteiger partial charge is 0.508 e. The maximum absolute atomic E-state index is 11.4. The lowest BCUT2D eigenvalue weighted by Gasteiger charge is -2.38. The SMILES string of the molecule is O=C(O)C1(c2cc3oc(=O)sc3cc2O)CCC1. The molecule has 1 saturated carbocycles. The van der Waals surface area contributed by atoms with E-state index in [-0.39, 0.29) is 5.75 Å². The molecule has 1 fully saturated rings. The first-order chi connectivity index (χ1) is 8.53. The molecule has 2 N–H and O–H groups in total. The van der Waals surface area contributed by atoms with Gasteiger partial charge in [-0.2, -0.15) is 0 Å². The summed E-state index contributed by atoms with van der Waals surface area (Å²) in [4.78, 5) is 22.1. The monoisotopic (exact) mass is 266 g/mol. The minimum atomic E-state index is -1.03. The molecular formula is C12H10O5S. The molecule has 1 aromatic carbocycles. The number of aromatic hydroxyl groups is 1. The summed E-state index contributed by atoms with van der Waals surface area (Å²) < 4.78 is 5.49. The number of benzene rings is 1. The molecule has 1 aliphatic rings. The number of hydrogen-bond donors (Lipinski definition) is 2. The van der Waals surface area contributed by atoms with E-state index in [1.807, 2.05) is 0 Å². The van der Waals surface area contributed by atoms with Gasteiger partial charge in [0.25, 0.3) is 0 Å². The van der Waals surface area contributed by atoms with Crippen LogP contribution in [0.5, 0.6) is 5.75 Å². The summed E-state index contributed by atoms with van der Waals surface area (Å²) in [5.41, 5.74) is -0.348. The third kappa shape index (κ3) is 1.38. The van der Waals surface area contributed by atoms with Crippen LogP contribution >= 0.6 is 11.3 Å². The van der Waals surface area contributed by atoms with Crippen LogP contribution in [-0.4, -0.2) is 16.2 Å². The molecule has 0 unspecified atom stereocenters. The lowest BCUT2D eigenvalue weighted by atomic mass is 9.64. The van der Waals surface area contributed by atoms with E-state index in [1.54, 1.807) is 0 Å². The molecule has 5 nitrogen and oxygen atoms in total. The van der Waals surface area contributed by atoms with Gasteiger partial charge in [-0.3, -0.25) is 4.79 Å².